The first kappa shape index (κ1) is 16.4. The fourth-order valence-electron chi connectivity index (χ4n) is 1.93. The Labute approximate surface area is 121 Å². The van der Waals surface area contributed by atoms with Gasteiger partial charge in [-0.25, -0.2) is 4.98 Å². The van der Waals surface area contributed by atoms with Crippen molar-refractivity contribution < 1.29 is 14.8 Å². The molecule has 0 saturated heterocycles. The number of aliphatic carboxylic acids is 1. The minimum Gasteiger partial charge on any atom is -0.481 e. The summed E-state index contributed by atoms with van der Waals surface area (Å²) in [5.74, 6) is -0.827. The zero-order valence-electron chi connectivity index (χ0n) is 11.8. The molecule has 0 saturated carbocycles. The van der Waals surface area contributed by atoms with E-state index in [1.165, 1.54) is 12.3 Å². The highest BCUT2D eigenvalue weighted by atomic mass is 16.6. The maximum Gasteiger partial charge on any atom is 0.329 e. The summed E-state index contributed by atoms with van der Waals surface area (Å²) in [5.41, 5.74) is -0.405. The average molecular weight is 292 g/mol. The van der Waals surface area contributed by atoms with Crippen molar-refractivity contribution in [3.05, 3.63) is 27.9 Å². The monoisotopic (exact) mass is 292 g/mol. The minimum atomic E-state index is -0.924. The van der Waals surface area contributed by atoms with E-state index in [4.69, 9.17) is 10.4 Å². The fraction of sp³-hybridized carbons (Fsp3) is 0.462. The fourth-order valence-corrected chi connectivity index (χ4v) is 1.93. The zero-order valence-corrected chi connectivity index (χ0v) is 11.8. The topological polar surface area (TPSA) is 120 Å². The van der Waals surface area contributed by atoms with Crippen LogP contribution in [0.1, 0.15) is 32.3 Å². The number of aromatic nitrogens is 1. The molecule has 1 aromatic rings. The molecule has 0 spiro atoms. The Hall–Kier alpha value is -2.69. The lowest BCUT2D eigenvalue weighted by molar-refractivity contribution is -0.384. The molecule has 0 aliphatic rings. The van der Waals surface area contributed by atoms with Crippen LogP contribution in [0.5, 0.6) is 0 Å². The van der Waals surface area contributed by atoms with Crippen LogP contribution in [0.4, 0.5) is 11.5 Å². The van der Waals surface area contributed by atoms with Crippen molar-refractivity contribution in [3.63, 3.8) is 0 Å². The van der Waals surface area contributed by atoms with Gasteiger partial charge in [0.25, 0.3) is 0 Å². The summed E-state index contributed by atoms with van der Waals surface area (Å²) in [5, 5.41) is 28.9. The number of hydrogen-bond donors (Lipinski definition) is 1. The van der Waals surface area contributed by atoms with Crippen LogP contribution < -0.4 is 4.90 Å². The van der Waals surface area contributed by atoms with Gasteiger partial charge in [0.15, 0.2) is 0 Å². The normalized spacial score (nSPS) is 10.2. The summed E-state index contributed by atoms with van der Waals surface area (Å²) in [7, 11) is 0. The molecule has 0 radical (unpaired) electrons. The summed E-state index contributed by atoms with van der Waals surface area (Å²) in [6, 6.07) is 2.96. The first-order valence-corrected chi connectivity index (χ1v) is 6.40. The largest absolute Gasteiger partial charge is 0.481 e. The van der Waals surface area contributed by atoms with E-state index in [1.807, 2.05) is 13.8 Å². The Morgan fingerprint density at radius 1 is 1.62 bits per heavy atom. The molecule has 0 aromatic carbocycles. The van der Waals surface area contributed by atoms with E-state index in [2.05, 4.69) is 4.98 Å². The molecule has 1 rings (SSSR count). The lowest BCUT2D eigenvalue weighted by Crippen LogP contribution is -2.33. The Morgan fingerprint density at radius 2 is 2.29 bits per heavy atom. The summed E-state index contributed by atoms with van der Waals surface area (Å²) >= 11 is 0. The molecule has 8 nitrogen and oxygen atoms in total. The van der Waals surface area contributed by atoms with Gasteiger partial charge in [0.2, 0.25) is 5.82 Å². The highest BCUT2D eigenvalue weighted by molar-refractivity contribution is 5.67. The summed E-state index contributed by atoms with van der Waals surface area (Å²) in [4.78, 5) is 26.8. The van der Waals surface area contributed by atoms with E-state index >= 15 is 0 Å². The number of nitriles is 1. The van der Waals surface area contributed by atoms with Crippen LogP contribution in [0.2, 0.25) is 0 Å². The van der Waals surface area contributed by atoms with E-state index in [0.29, 0.717) is 13.0 Å². The molecule has 112 valence electrons. The van der Waals surface area contributed by atoms with Gasteiger partial charge in [-0.3, -0.25) is 14.9 Å². The number of rotatable bonds is 7. The number of pyridine rings is 1. The Kier molecular flexibility index (Phi) is 5.60. The van der Waals surface area contributed by atoms with Crippen LogP contribution in [0.25, 0.3) is 0 Å². The second-order valence-corrected chi connectivity index (χ2v) is 4.68. The van der Waals surface area contributed by atoms with Crippen molar-refractivity contribution in [3.8, 4) is 6.07 Å². The number of carbonyl (C=O) groups is 1. The number of carboxylic acid groups (broad SMARTS) is 1. The van der Waals surface area contributed by atoms with Gasteiger partial charge in [-0.2, -0.15) is 5.26 Å². The second-order valence-electron chi connectivity index (χ2n) is 4.68. The van der Waals surface area contributed by atoms with Crippen LogP contribution in [0.3, 0.4) is 0 Å². The predicted molar refractivity (Wildman–Crippen MR) is 75.0 cm³/mol. The third-order valence-corrected chi connectivity index (χ3v) is 2.89. The van der Waals surface area contributed by atoms with Gasteiger partial charge in [-0.15, -0.1) is 0 Å². The van der Waals surface area contributed by atoms with Gasteiger partial charge >= 0.3 is 11.7 Å². The van der Waals surface area contributed by atoms with Crippen LogP contribution >= 0.6 is 0 Å². The van der Waals surface area contributed by atoms with Crippen molar-refractivity contribution >= 4 is 17.5 Å². The number of carboxylic acids is 1. The van der Waals surface area contributed by atoms with Crippen molar-refractivity contribution in [2.75, 3.05) is 11.4 Å². The molecule has 0 atom stereocenters. The number of anilines is 1. The highest BCUT2D eigenvalue weighted by Gasteiger charge is 2.26. The van der Waals surface area contributed by atoms with Gasteiger partial charge in [0.1, 0.15) is 11.6 Å². The quantitative estimate of drug-likeness (QED) is 0.602. The van der Waals surface area contributed by atoms with Crippen LogP contribution in [-0.4, -0.2) is 33.6 Å². The molecule has 0 bridgehead atoms. The molecule has 0 aliphatic carbocycles. The SMILES string of the molecule is CC(C)N(CCCC(=O)O)c1nccc(C#N)c1[N+](=O)[O-]. The second kappa shape index (κ2) is 7.19. The molecule has 8 heteroatoms. The molecule has 1 heterocycles. The molecule has 1 N–H and O–H groups in total. The molecule has 0 fully saturated rings. The smallest absolute Gasteiger partial charge is 0.329 e. The van der Waals surface area contributed by atoms with Gasteiger partial charge in [0.05, 0.1) is 4.92 Å². The summed E-state index contributed by atoms with van der Waals surface area (Å²) in [6.45, 7) is 3.96. The van der Waals surface area contributed by atoms with E-state index in [1.54, 1.807) is 11.0 Å². The van der Waals surface area contributed by atoms with E-state index in [-0.39, 0.29) is 29.5 Å². The van der Waals surface area contributed by atoms with Gasteiger partial charge in [-0.05, 0) is 26.3 Å². The van der Waals surface area contributed by atoms with Gasteiger partial charge < -0.3 is 10.0 Å². The molecule has 0 aliphatic heterocycles. The molecule has 0 amide bonds. The first-order valence-electron chi connectivity index (χ1n) is 6.40. The maximum atomic E-state index is 11.2. The third-order valence-electron chi connectivity index (χ3n) is 2.89. The van der Waals surface area contributed by atoms with Crippen molar-refractivity contribution in [2.45, 2.75) is 32.7 Å². The van der Waals surface area contributed by atoms with E-state index in [9.17, 15) is 14.9 Å². The lowest BCUT2D eigenvalue weighted by Gasteiger charge is -2.27. The highest BCUT2D eigenvalue weighted by Crippen LogP contribution is 2.30. The Bertz CT molecular complexity index is 580. The molecular formula is C13H16N4O4. The van der Waals surface area contributed by atoms with Crippen molar-refractivity contribution in [2.24, 2.45) is 0 Å². The van der Waals surface area contributed by atoms with Crippen LogP contribution in [0, 0.1) is 21.4 Å². The van der Waals surface area contributed by atoms with E-state index < -0.39 is 10.9 Å². The number of hydrogen-bond acceptors (Lipinski definition) is 6. The average Bonchev–Trinajstić information content (AvgIpc) is 2.41. The molecule has 0 unspecified atom stereocenters. The maximum absolute atomic E-state index is 11.2. The van der Waals surface area contributed by atoms with E-state index in [0.717, 1.165) is 0 Å². The van der Waals surface area contributed by atoms with Crippen LogP contribution in [-0.2, 0) is 4.79 Å². The lowest BCUT2D eigenvalue weighted by atomic mass is 10.2. The predicted octanol–water partition coefficient (Wildman–Crippen LogP) is 1.94. The molecular weight excluding hydrogens is 276 g/mol. The number of nitrogens with zero attached hydrogens (tertiary/aromatic N) is 4. The summed E-state index contributed by atoms with van der Waals surface area (Å²) in [6.07, 6.45) is 1.64. The summed E-state index contributed by atoms with van der Waals surface area (Å²) < 4.78 is 0. The standard InChI is InChI=1S/C13H16N4O4/c1-9(2)16(7-3-4-11(18)19)13-12(17(20)21)10(8-14)5-6-15-13/h5-6,9H,3-4,7H2,1-2H3,(H,18,19). The molecule has 21 heavy (non-hydrogen) atoms. The number of nitro groups is 1. The Morgan fingerprint density at radius 3 is 2.76 bits per heavy atom. The minimum absolute atomic E-state index is 0.0328. The van der Waals surface area contributed by atoms with Gasteiger partial charge in [-0.1, -0.05) is 0 Å². The zero-order chi connectivity index (χ0) is 16.0. The third kappa shape index (κ3) is 4.14. The Balaban J connectivity index is 3.17. The molecule has 1 aromatic heterocycles. The van der Waals surface area contributed by atoms with Crippen molar-refractivity contribution in [1.82, 2.24) is 4.98 Å². The van der Waals surface area contributed by atoms with Gasteiger partial charge in [0, 0.05) is 25.2 Å². The van der Waals surface area contributed by atoms with Crippen LogP contribution in [0.15, 0.2) is 12.3 Å². The van der Waals surface area contributed by atoms with Crippen molar-refractivity contribution in [1.29, 1.82) is 5.26 Å². The first-order chi connectivity index (χ1) is 9.88.